The molecule has 0 aromatic heterocycles. The maximum atomic E-state index is 14.0. The third kappa shape index (κ3) is 34.9. The smallest absolute Gasteiger partial charge is 0.325 e. The SMILES string of the molecule is CCCCCCCCCCCCCCCCCCOc1cc(C(OC(=O)CCC(=O)O)[C@]2(O)C[C@H](N3C=CC(N)(C(=O)c4ccccc4)NC3=O)O[C@@H]2CO)cc(OCCCCCCCCCCCCCCCCCC)c1OCCCCCCCCCCCCCCCCCC. The van der Waals surface area contributed by atoms with Gasteiger partial charge in [-0.1, -0.05) is 340 Å². The van der Waals surface area contributed by atoms with Gasteiger partial charge in [0.1, 0.15) is 17.9 Å². The zero-order valence-electron chi connectivity index (χ0n) is 60.9. The van der Waals surface area contributed by atoms with E-state index >= 15 is 0 Å². The fourth-order valence-corrected chi connectivity index (χ4v) is 13.6. The number of benzene rings is 2. The molecule has 2 heterocycles. The highest BCUT2D eigenvalue weighted by molar-refractivity contribution is 6.06. The number of nitrogens with one attached hydrogen (secondary N) is 1. The van der Waals surface area contributed by atoms with Gasteiger partial charge in [0.2, 0.25) is 11.5 Å². The summed E-state index contributed by atoms with van der Waals surface area (Å²) < 4.78 is 32.8. The van der Waals surface area contributed by atoms with Crippen molar-refractivity contribution in [1.29, 1.82) is 0 Å². The summed E-state index contributed by atoms with van der Waals surface area (Å²) in [6.45, 7) is 7.19. The quantitative estimate of drug-likeness (QED) is 0.0237. The lowest BCUT2D eigenvalue weighted by molar-refractivity contribution is -0.179. The van der Waals surface area contributed by atoms with E-state index in [4.69, 9.17) is 29.4 Å². The number of carboxylic acid groups (broad SMARTS) is 1. The number of Topliss-reactive ketones (excluding diaryl/α,β-unsaturated/α-hetero) is 1. The number of carbonyl (C=O) groups excluding carboxylic acids is 3. The monoisotopic (exact) mass is 1340 g/mol. The van der Waals surface area contributed by atoms with Crippen LogP contribution in [0.5, 0.6) is 17.2 Å². The van der Waals surface area contributed by atoms with E-state index in [0.717, 1.165) is 75.5 Å². The molecule has 5 atom stereocenters. The highest BCUT2D eigenvalue weighted by atomic mass is 16.6. The van der Waals surface area contributed by atoms with Gasteiger partial charge in [-0.3, -0.25) is 25.0 Å². The van der Waals surface area contributed by atoms with Gasteiger partial charge in [0.15, 0.2) is 23.3 Å². The fourth-order valence-electron chi connectivity index (χ4n) is 13.6. The van der Waals surface area contributed by atoms with E-state index in [9.17, 15) is 34.5 Å². The number of urea groups is 1. The second-order valence-electron chi connectivity index (χ2n) is 28.2. The van der Waals surface area contributed by atoms with E-state index < -0.39 is 72.9 Å². The van der Waals surface area contributed by atoms with E-state index in [1.165, 1.54) is 250 Å². The number of nitrogens with zero attached hydrogens (tertiary/aromatic N) is 1. The predicted octanol–water partition coefficient (Wildman–Crippen LogP) is 21.0. The molecule has 2 unspecified atom stereocenters. The lowest BCUT2D eigenvalue weighted by Gasteiger charge is -2.37. The number of hydrogen-bond donors (Lipinski definition) is 5. The molecule has 4 rings (SSSR count). The number of carbonyl (C=O) groups is 4. The summed E-state index contributed by atoms with van der Waals surface area (Å²) in [6, 6.07) is 10.9. The second kappa shape index (κ2) is 53.2. The zero-order chi connectivity index (χ0) is 69.0. The molecule has 548 valence electrons. The Labute approximate surface area is 582 Å². The number of ketones is 1. The Bertz CT molecular complexity index is 2300. The summed E-state index contributed by atoms with van der Waals surface area (Å²) in [5.74, 6) is -1.55. The normalized spacial score (nSPS) is 18.0. The van der Waals surface area contributed by atoms with Crippen molar-refractivity contribution in [3.63, 3.8) is 0 Å². The van der Waals surface area contributed by atoms with Crippen LogP contribution in [0.15, 0.2) is 54.7 Å². The molecule has 2 aromatic carbocycles. The molecule has 96 heavy (non-hydrogen) atoms. The van der Waals surface area contributed by atoms with Gasteiger partial charge in [0, 0.05) is 23.7 Å². The van der Waals surface area contributed by atoms with Crippen molar-refractivity contribution in [2.24, 2.45) is 5.73 Å². The van der Waals surface area contributed by atoms with Crippen LogP contribution >= 0.6 is 0 Å². The third-order valence-corrected chi connectivity index (χ3v) is 19.7. The number of aliphatic carboxylic acids is 1. The van der Waals surface area contributed by atoms with Gasteiger partial charge in [-0.25, -0.2) is 4.79 Å². The molecule has 2 aliphatic rings. The minimum atomic E-state index is -2.23. The first-order valence-corrected chi connectivity index (χ1v) is 39.6. The van der Waals surface area contributed by atoms with Gasteiger partial charge in [0.05, 0.1) is 39.3 Å². The molecule has 6 N–H and O–H groups in total. The van der Waals surface area contributed by atoms with Crippen molar-refractivity contribution in [1.82, 2.24) is 10.2 Å². The molecule has 0 saturated carbocycles. The van der Waals surface area contributed by atoms with E-state index in [0.29, 0.717) is 37.1 Å². The number of unbranched alkanes of at least 4 members (excludes halogenated alkanes) is 45. The number of nitrogens with two attached hydrogens (primary N) is 1. The summed E-state index contributed by atoms with van der Waals surface area (Å²) in [6.07, 6.45) is 56.8. The number of amides is 2. The first-order valence-electron chi connectivity index (χ1n) is 39.6. The van der Waals surface area contributed by atoms with Crippen molar-refractivity contribution in [2.75, 3.05) is 26.4 Å². The predicted molar refractivity (Wildman–Crippen MR) is 390 cm³/mol. The van der Waals surface area contributed by atoms with Crippen LogP contribution in [0.25, 0.3) is 0 Å². The lowest BCUT2D eigenvalue weighted by atomic mass is 9.84. The Morgan fingerprint density at radius 2 is 0.896 bits per heavy atom. The zero-order valence-corrected chi connectivity index (χ0v) is 60.9. The van der Waals surface area contributed by atoms with E-state index in [2.05, 4.69) is 26.1 Å². The summed E-state index contributed by atoms with van der Waals surface area (Å²) in [4.78, 5) is 54.5. The lowest BCUT2D eigenvalue weighted by Crippen LogP contribution is -2.65. The third-order valence-electron chi connectivity index (χ3n) is 19.7. The van der Waals surface area contributed by atoms with Gasteiger partial charge in [-0.15, -0.1) is 0 Å². The molecule has 0 spiro atoms. The van der Waals surface area contributed by atoms with Gasteiger partial charge in [0.25, 0.3) is 0 Å². The largest absolute Gasteiger partial charge is 0.490 e. The van der Waals surface area contributed by atoms with Crippen LogP contribution in [0.4, 0.5) is 4.79 Å². The van der Waals surface area contributed by atoms with Crippen molar-refractivity contribution in [3.8, 4) is 17.2 Å². The maximum Gasteiger partial charge on any atom is 0.325 e. The molecular formula is C81H137N3O12. The van der Waals surface area contributed by atoms with Crippen LogP contribution in [-0.2, 0) is 19.1 Å². The molecule has 1 saturated heterocycles. The molecule has 2 amide bonds. The second-order valence-corrected chi connectivity index (χ2v) is 28.2. The number of aliphatic hydroxyl groups is 2. The van der Waals surface area contributed by atoms with E-state index in [1.807, 2.05) is 0 Å². The molecule has 0 bridgehead atoms. The number of rotatable bonds is 64. The van der Waals surface area contributed by atoms with Gasteiger partial charge in [-0.2, -0.15) is 0 Å². The van der Waals surface area contributed by atoms with Gasteiger partial charge < -0.3 is 44.3 Å². The van der Waals surface area contributed by atoms with Gasteiger partial charge in [-0.05, 0) is 37.5 Å². The standard InChI is InChI=1S/C81H137N3O12/c1-4-7-10-13-16-19-22-25-28-31-34-37-40-43-46-52-61-92-70-64-69(78(96-75(88)58-57-74(86)87)80(91)66-73(95-72(80)67-85)84-60-59-81(82,83-79(84)90)77(89)68-55-50-49-51-56-68)65-71(93-62-53-47-44-41-38-35-32-29-26-23-20-17-14-11-8-5-2)76(70)94-63-54-48-45-42-39-36-33-30-27-24-21-18-15-12-9-6-3/h49-51,55-56,59-60,64-65,72-73,78,85,91H,4-48,52-54,57-58,61-63,66-67,82H2,1-3H3,(H,83,90)(H,86,87)/t72-,73-,78?,80+,81?/m1/s1. The molecule has 15 nitrogen and oxygen atoms in total. The van der Waals surface area contributed by atoms with Crippen molar-refractivity contribution in [3.05, 3.63) is 65.9 Å². The highest BCUT2D eigenvalue weighted by Crippen LogP contribution is 2.49. The molecule has 0 radical (unpaired) electrons. The Morgan fingerprint density at radius 1 is 0.542 bits per heavy atom. The van der Waals surface area contributed by atoms with Crippen molar-refractivity contribution in [2.45, 2.75) is 378 Å². The van der Waals surface area contributed by atoms with E-state index in [-0.39, 0.29) is 17.5 Å². The maximum absolute atomic E-state index is 14.0. The van der Waals surface area contributed by atoms with Crippen LogP contribution in [0.2, 0.25) is 0 Å². The molecular weight excluding hydrogens is 1210 g/mol. The van der Waals surface area contributed by atoms with Crippen LogP contribution in [-0.4, -0.2) is 94.0 Å². The topological polar surface area (TPSA) is 216 Å². The first-order chi connectivity index (χ1) is 46.9. The minimum absolute atomic E-state index is 0.246. The Kier molecular flexibility index (Phi) is 46.4. The molecule has 15 heteroatoms. The Morgan fingerprint density at radius 3 is 1.24 bits per heavy atom. The average molecular weight is 1340 g/mol. The molecule has 2 aromatic rings. The summed E-state index contributed by atoms with van der Waals surface area (Å²) >= 11 is 0. The van der Waals surface area contributed by atoms with Crippen LogP contribution in [0.1, 0.15) is 370 Å². The average Bonchev–Trinajstić information content (AvgIpc) is 1.54. The number of hydrogen-bond acceptors (Lipinski definition) is 12. The number of carboxylic acids is 1. The van der Waals surface area contributed by atoms with Crippen LogP contribution < -0.4 is 25.3 Å². The summed E-state index contributed by atoms with van der Waals surface area (Å²) in [5, 5.41) is 36.5. The molecule has 0 aliphatic carbocycles. The Balaban J connectivity index is 1.54. The number of esters is 1. The van der Waals surface area contributed by atoms with Crippen molar-refractivity contribution < 1.29 is 58.2 Å². The Hall–Kier alpha value is -4.70. The summed E-state index contributed by atoms with van der Waals surface area (Å²) in [5.41, 5.74) is 2.93. The van der Waals surface area contributed by atoms with Crippen LogP contribution in [0, 0.1) is 0 Å². The first kappa shape index (κ1) is 83.7. The van der Waals surface area contributed by atoms with Crippen molar-refractivity contribution >= 4 is 23.8 Å². The fraction of sp³-hybridized carbons (Fsp3) is 0.778. The van der Waals surface area contributed by atoms with Gasteiger partial charge >= 0.3 is 18.0 Å². The van der Waals surface area contributed by atoms with E-state index in [1.54, 1.807) is 42.5 Å². The number of aliphatic hydroxyl groups excluding tert-OH is 1. The molecule has 1 fully saturated rings. The highest BCUT2D eigenvalue weighted by Gasteiger charge is 2.57. The number of ether oxygens (including phenoxy) is 5. The summed E-state index contributed by atoms with van der Waals surface area (Å²) in [7, 11) is 0. The van der Waals surface area contributed by atoms with Crippen LogP contribution in [0.3, 0.4) is 0 Å². The minimum Gasteiger partial charge on any atom is -0.490 e. The molecule has 2 aliphatic heterocycles.